The van der Waals surface area contributed by atoms with Crippen LogP contribution in [0.3, 0.4) is 0 Å². The van der Waals surface area contributed by atoms with Gasteiger partial charge in [-0.3, -0.25) is 0 Å². The summed E-state index contributed by atoms with van der Waals surface area (Å²) < 4.78 is 10.4. The number of phenols is 2. The largest absolute Gasteiger partial charge is 0.508 e. The van der Waals surface area contributed by atoms with Gasteiger partial charge in [-0.1, -0.05) is 24.3 Å². The fourth-order valence-corrected chi connectivity index (χ4v) is 2.87. The second-order valence-electron chi connectivity index (χ2n) is 6.42. The van der Waals surface area contributed by atoms with Crippen molar-refractivity contribution in [2.75, 3.05) is 13.2 Å². The molecule has 4 rings (SSSR count). The average molecular weight is 312 g/mol. The van der Waals surface area contributed by atoms with Crippen LogP contribution >= 0.6 is 0 Å². The number of hydrogen-bond donors (Lipinski definition) is 2. The minimum absolute atomic E-state index is 0.276. The van der Waals surface area contributed by atoms with Gasteiger partial charge in [0.15, 0.2) is 0 Å². The molecule has 2 aromatic rings. The molecule has 0 radical (unpaired) electrons. The van der Waals surface area contributed by atoms with E-state index in [9.17, 15) is 10.2 Å². The number of aromatic hydroxyl groups is 2. The maximum Gasteiger partial charge on any atom is 0.119 e. The predicted octanol–water partition coefficient (Wildman–Crippen LogP) is 2.57. The maximum atomic E-state index is 10.2. The van der Waals surface area contributed by atoms with Crippen molar-refractivity contribution in [3.63, 3.8) is 0 Å². The Labute approximate surface area is 135 Å². The van der Waals surface area contributed by atoms with Gasteiger partial charge >= 0.3 is 0 Å². The van der Waals surface area contributed by atoms with Crippen LogP contribution in [0.1, 0.15) is 22.3 Å². The summed E-state index contributed by atoms with van der Waals surface area (Å²) in [6, 6.07) is 11.5. The Kier molecular flexibility index (Phi) is 3.71. The van der Waals surface area contributed by atoms with Gasteiger partial charge in [0.2, 0.25) is 0 Å². The Morgan fingerprint density at radius 1 is 0.783 bits per heavy atom. The van der Waals surface area contributed by atoms with Gasteiger partial charge in [0.05, 0.1) is 25.4 Å². The molecule has 2 saturated heterocycles. The third kappa shape index (κ3) is 3.66. The van der Waals surface area contributed by atoms with Crippen LogP contribution in [0.4, 0.5) is 0 Å². The van der Waals surface area contributed by atoms with Crippen molar-refractivity contribution in [3.8, 4) is 11.5 Å². The van der Waals surface area contributed by atoms with Crippen LogP contribution in [0, 0.1) is 0 Å². The molecule has 2 aliphatic heterocycles. The second kappa shape index (κ2) is 5.87. The second-order valence-corrected chi connectivity index (χ2v) is 6.42. The van der Waals surface area contributed by atoms with E-state index in [0.717, 1.165) is 48.3 Å². The molecule has 2 atom stereocenters. The van der Waals surface area contributed by atoms with Crippen LogP contribution in [-0.2, 0) is 28.7 Å². The SMILES string of the molecule is Oc1cc(CC2CO2)ccc1Cc1ccc(CC2CO2)cc1O. The lowest BCUT2D eigenvalue weighted by atomic mass is 9.98. The van der Waals surface area contributed by atoms with Crippen molar-refractivity contribution in [1.82, 2.24) is 0 Å². The third-order valence-electron chi connectivity index (χ3n) is 4.41. The first-order valence-electron chi connectivity index (χ1n) is 8.02. The van der Waals surface area contributed by atoms with Gasteiger partial charge < -0.3 is 19.7 Å². The van der Waals surface area contributed by atoms with E-state index in [1.807, 2.05) is 24.3 Å². The lowest BCUT2D eigenvalue weighted by molar-refractivity contribution is 0.407. The van der Waals surface area contributed by atoms with Crippen molar-refractivity contribution < 1.29 is 19.7 Å². The van der Waals surface area contributed by atoms with E-state index in [1.165, 1.54) is 0 Å². The predicted molar refractivity (Wildman–Crippen MR) is 85.9 cm³/mol. The Balaban J connectivity index is 1.47. The van der Waals surface area contributed by atoms with Crippen LogP contribution < -0.4 is 0 Å². The summed E-state index contributed by atoms with van der Waals surface area (Å²) in [5, 5.41) is 20.4. The van der Waals surface area contributed by atoms with Crippen molar-refractivity contribution in [2.24, 2.45) is 0 Å². The molecule has 2 N–H and O–H groups in total. The van der Waals surface area contributed by atoms with Gasteiger partial charge in [-0.2, -0.15) is 0 Å². The van der Waals surface area contributed by atoms with Gasteiger partial charge in [0.1, 0.15) is 11.5 Å². The van der Waals surface area contributed by atoms with E-state index in [0.29, 0.717) is 18.6 Å². The average Bonchev–Trinajstić information content (AvgIpc) is 3.41. The van der Waals surface area contributed by atoms with Crippen molar-refractivity contribution in [1.29, 1.82) is 0 Å². The number of phenolic OH excluding ortho intramolecular Hbond substituents is 2. The summed E-state index contributed by atoms with van der Waals surface area (Å²) in [5.74, 6) is 0.552. The lowest BCUT2D eigenvalue weighted by Crippen LogP contribution is -1.97. The molecule has 0 bridgehead atoms. The molecule has 4 heteroatoms. The molecule has 2 heterocycles. The normalized spacial score (nSPS) is 22.1. The summed E-state index contributed by atoms with van der Waals surface area (Å²) in [4.78, 5) is 0. The molecule has 0 aromatic heterocycles. The third-order valence-corrected chi connectivity index (χ3v) is 4.41. The number of ether oxygens (including phenoxy) is 2. The molecule has 0 aliphatic carbocycles. The first-order chi connectivity index (χ1) is 11.2. The van der Waals surface area contributed by atoms with Crippen LogP contribution in [0.15, 0.2) is 36.4 Å². The van der Waals surface area contributed by atoms with E-state index < -0.39 is 0 Å². The summed E-state index contributed by atoms with van der Waals surface area (Å²) in [6.07, 6.45) is 2.83. The molecule has 2 unspecified atom stereocenters. The lowest BCUT2D eigenvalue weighted by Gasteiger charge is -2.10. The zero-order valence-corrected chi connectivity index (χ0v) is 12.9. The van der Waals surface area contributed by atoms with Crippen molar-refractivity contribution in [3.05, 3.63) is 58.7 Å². The smallest absolute Gasteiger partial charge is 0.119 e. The number of benzene rings is 2. The highest BCUT2D eigenvalue weighted by atomic mass is 16.6. The highest BCUT2D eigenvalue weighted by Gasteiger charge is 2.23. The number of epoxide rings is 2. The molecule has 0 amide bonds. The zero-order chi connectivity index (χ0) is 15.8. The molecule has 2 aliphatic rings. The topological polar surface area (TPSA) is 65.5 Å². The molecule has 120 valence electrons. The first kappa shape index (κ1) is 14.5. The summed E-state index contributed by atoms with van der Waals surface area (Å²) >= 11 is 0. The van der Waals surface area contributed by atoms with Crippen LogP contribution in [-0.4, -0.2) is 35.6 Å². The summed E-state index contributed by atoms with van der Waals surface area (Å²) in [5.41, 5.74) is 3.80. The highest BCUT2D eigenvalue weighted by molar-refractivity contribution is 5.44. The van der Waals surface area contributed by atoms with Crippen LogP contribution in [0.25, 0.3) is 0 Å². The standard InChI is InChI=1S/C19H20O4/c20-18-7-12(5-16-10-22-16)1-3-14(18)9-15-4-2-13(8-19(15)21)6-17-11-23-17/h1-4,7-8,16-17,20-21H,5-6,9-11H2. The Bertz CT molecular complexity index is 656. The molecule has 2 aromatic carbocycles. The Morgan fingerprint density at radius 3 is 1.57 bits per heavy atom. The molecule has 4 nitrogen and oxygen atoms in total. The maximum absolute atomic E-state index is 10.2. The van der Waals surface area contributed by atoms with Crippen LogP contribution in [0.2, 0.25) is 0 Å². The van der Waals surface area contributed by atoms with Gasteiger partial charge in [-0.15, -0.1) is 0 Å². The molecule has 0 spiro atoms. The fraction of sp³-hybridized carbons (Fsp3) is 0.368. The van der Waals surface area contributed by atoms with Gasteiger partial charge in [0.25, 0.3) is 0 Å². The minimum atomic E-state index is 0.276. The fourth-order valence-electron chi connectivity index (χ4n) is 2.87. The summed E-state index contributed by atoms with van der Waals surface area (Å²) in [6.45, 7) is 1.63. The molecular formula is C19H20O4. The zero-order valence-electron chi connectivity index (χ0n) is 12.9. The molecule has 23 heavy (non-hydrogen) atoms. The van der Waals surface area contributed by atoms with Crippen molar-refractivity contribution >= 4 is 0 Å². The minimum Gasteiger partial charge on any atom is -0.508 e. The Hall–Kier alpha value is -2.04. The molecule has 0 saturated carbocycles. The van der Waals surface area contributed by atoms with E-state index in [2.05, 4.69) is 0 Å². The van der Waals surface area contributed by atoms with E-state index in [-0.39, 0.29) is 11.5 Å². The Morgan fingerprint density at radius 2 is 1.22 bits per heavy atom. The molecule has 2 fully saturated rings. The quantitative estimate of drug-likeness (QED) is 0.805. The van der Waals surface area contributed by atoms with Gasteiger partial charge in [-0.25, -0.2) is 0 Å². The monoisotopic (exact) mass is 312 g/mol. The van der Waals surface area contributed by atoms with E-state index in [1.54, 1.807) is 12.1 Å². The summed E-state index contributed by atoms with van der Waals surface area (Å²) in [7, 11) is 0. The van der Waals surface area contributed by atoms with Crippen molar-refractivity contribution in [2.45, 2.75) is 31.5 Å². The molecular weight excluding hydrogens is 292 g/mol. The van der Waals surface area contributed by atoms with Gasteiger partial charge in [0, 0.05) is 19.3 Å². The highest BCUT2D eigenvalue weighted by Crippen LogP contribution is 2.29. The number of hydrogen-bond acceptors (Lipinski definition) is 4. The van der Waals surface area contributed by atoms with E-state index >= 15 is 0 Å². The number of rotatable bonds is 6. The van der Waals surface area contributed by atoms with E-state index in [4.69, 9.17) is 9.47 Å². The van der Waals surface area contributed by atoms with Crippen LogP contribution in [0.5, 0.6) is 11.5 Å². The first-order valence-corrected chi connectivity index (χ1v) is 8.02. The van der Waals surface area contributed by atoms with Gasteiger partial charge in [-0.05, 0) is 34.4 Å².